The average Bonchev–Trinajstić information content (AvgIpc) is 2.40. The van der Waals surface area contributed by atoms with Crippen molar-refractivity contribution in [3.05, 3.63) is 63.6 Å². The molecule has 0 heterocycles. The summed E-state index contributed by atoms with van der Waals surface area (Å²) in [5, 5.41) is 0. The molecule has 0 spiro atoms. The highest BCUT2D eigenvalue weighted by Crippen LogP contribution is 2.23. The molecule has 98 valence electrons. The zero-order chi connectivity index (χ0) is 14.0. The first-order chi connectivity index (χ1) is 9.00. The van der Waals surface area contributed by atoms with Crippen LogP contribution in [0.15, 0.2) is 46.9 Å². The molecule has 1 amide bonds. The van der Waals surface area contributed by atoms with E-state index in [0.717, 1.165) is 26.9 Å². The largest absolute Gasteiger partial charge is 0.311 e. The molecule has 0 atom stereocenters. The van der Waals surface area contributed by atoms with Gasteiger partial charge >= 0.3 is 0 Å². The minimum atomic E-state index is 0.00750. The second kappa shape index (κ2) is 5.57. The van der Waals surface area contributed by atoms with Gasteiger partial charge < -0.3 is 4.90 Å². The van der Waals surface area contributed by atoms with Gasteiger partial charge in [-0.2, -0.15) is 0 Å². The van der Waals surface area contributed by atoms with E-state index in [-0.39, 0.29) is 5.91 Å². The lowest BCUT2D eigenvalue weighted by atomic mass is 10.1. The molecule has 2 aromatic carbocycles. The number of aryl methyl sites for hydroxylation is 2. The Morgan fingerprint density at radius 1 is 1.05 bits per heavy atom. The van der Waals surface area contributed by atoms with Crippen LogP contribution in [-0.4, -0.2) is 13.0 Å². The number of nitrogens with zero attached hydrogens (tertiary/aromatic N) is 1. The Balaban J connectivity index is 2.39. The molecule has 0 aromatic heterocycles. The molecule has 2 aromatic rings. The number of hydrogen-bond donors (Lipinski definition) is 0. The predicted octanol–water partition coefficient (Wildman–Crippen LogP) is 4.34. The Morgan fingerprint density at radius 2 is 1.74 bits per heavy atom. The molecule has 0 saturated heterocycles. The molecule has 2 rings (SSSR count). The van der Waals surface area contributed by atoms with Crippen LogP contribution >= 0.6 is 15.9 Å². The molecule has 0 unspecified atom stereocenters. The molecule has 0 aliphatic carbocycles. The minimum absolute atomic E-state index is 0.00750. The smallest absolute Gasteiger partial charge is 0.258 e. The predicted molar refractivity (Wildman–Crippen MR) is 82.8 cm³/mol. The number of carbonyl (C=O) groups excluding carboxylic acids is 1. The molecule has 0 aliphatic rings. The minimum Gasteiger partial charge on any atom is -0.311 e. The Kier molecular flexibility index (Phi) is 4.05. The first-order valence-electron chi connectivity index (χ1n) is 6.10. The molecular weight excluding hydrogens is 302 g/mol. The number of benzene rings is 2. The van der Waals surface area contributed by atoms with Gasteiger partial charge in [0.05, 0.1) is 0 Å². The quantitative estimate of drug-likeness (QED) is 0.806. The molecule has 0 saturated carbocycles. The maximum atomic E-state index is 12.6. The number of halogens is 1. The summed E-state index contributed by atoms with van der Waals surface area (Å²) in [6.45, 7) is 3.96. The third kappa shape index (κ3) is 2.87. The fraction of sp³-hybridized carbons (Fsp3) is 0.188. The summed E-state index contributed by atoms with van der Waals surface area (Å²) in [5.41, 5.74) is 3.73. The first kappa shape index (κ1) is 13.8. The van der Waals surface area contributed by atoms with E-state index in [1.807, 2.05) is 63.4 Å². The SMILES string of the molecule is Cc1ccc(Br)cc1C(=O)N(C)c1ccccc1C. The van der Waals surface area contributed by atoms with Crippen LogP contribution in [0.4, 0.5) is 5.69 Å². The highest BCUT2D eigenvalue weighted by Gasteiger charge is 2.16. The van der Waals surface area contributed by atoms with Crippen molar-refractivity contribution in [2.75, 3.05) is 11.9 Å². The highest BCUT2D eigenvalue weighted by atomic mass is 79.9. The van der Waals surface area contributed by atoms with E-state index in [1.165, 1.54) is 0 Å². The van der Waals surface area contributed by atoms with Crippen LogP contribution in [0.5, 0.6) is 0 Å². The van der Waals surface area contributed by atoms with Gasteiger partial charge in [-0.05, 0) is 43.2 Å². The number of rotatable bonds is 2. The van der Waals surface area contributed by atoms with Crippen molar-refractivity contribution >= 4 is 27.5 Å². The fourth-order valence-corrected chi connectivity index (χ4v) is 2.42. The zero-order valence-electron chi connectivity index (χ0n) is 11.3. The van der Waals surface area contributed by atoms with Crippen LogP contribution in [0.2, 0.25) is 0 Å². The summed E-state index contributed by atoms with van der Waals surface area (Å²) < 4.78 is 0.916. The van der Waals surface area contributed by atoms with Crippen LogP contribution in [0.3, 0.4) is 0 Å². The zero-order valence-corrected chi connectivity index (χ0v) is 12.9. The van der Waals surface area contributed by atoms with Crippen molar-refractivity contribution in [2.45, 2.75) is 13.8 Å². The van der Waals surface area contributed by atoms with Crippen LogP contribution in [0.25, 0.3) is 0 Å². The molecule has 0 aliphatic heterocycles. The van der Waals surface area contributed by atoms with Crippen molar-refractivity contribution in [3.63, 3.8) is 0 Å². The summed E-state index contributed by atoms with van der Waals surface area (Å²) in [4.78, 5) is 14.3. The molecule has 3 heteroatoms. The highest BCUT2D eigenvalue weighted by molar-refractivity contribution is 9.10. The van der Waals surface area contributed by atoms with Crippen molar-refractivity contribution in [3.8, 4) is 0 Å². The normalized spacial score (nSPS) is 10.3. The van der Waals surface area contributed by atoms with Gasteiger partial charge in [0.1, 0.15) is 0 Å². The summed E-state index contributed by atoms with van der Waals surface area (Å²) in [7, 11) is 1.81. The van der Waals surface area contributed by atoms with E-state index in [4.69, 9.17) is 0 Å². The van der Waals surface area contributed by atoms with Gasteiger partial charge in [-0.3, -0.25) is 4.79 Å². The van der Waals surface area contributed by atoms with Crippen molar-refractivity contribution in [1.82, 2.24) is 0 Å². The fourth-order valence-electron chi connectivity index (χ4n) is 2.05. The van der Waals surface area contributed by atoms with E-state index in [1.54, 1.807) is 4.90 Å². The lowest BCUT2D eigenvalue weighted by Gasteiger charge is -2.20. The van der Waals surface area contributed by atoms with Crippen molar-refractivity contribution < 1.29 is 4.79 Å². The standard InChI is InChI=1S/C16H16BrNO/c1-11-8-9-13(17)10-14(11)16(19)18(3)15-7-5-4-6-12(15)2/h4-10H,1-3H3. The topological polar surface area (TPSA) is 20.3 Å². The van der Waals surface area contributed by atoms with E-state index in [2.05, 4.69) is 15.9 Å². The third-order valence-electron chi connectivity index (χ3n) is 3.21. The van der Waals surface area contributed by atoms with E-state index >= 15 is 0 Å². The summed E-state index contributed by atoms with van der Waals surface area (Å²) in [6.07, 6.45) is 0. The lowest BCUT2D eigenvalue weighted by Crippen LogP contribution is -2.27. The number of amides is 1. The molecular formula is C16H16BrNO. The van der Waals surface area contributed by atoms with Crippen LogP contribution < -0.4 is 4.90 Å². The second-order valence-corrected chi connectivity index (χ2v) is 5.53. The monoisotopic (exact) mass is 317 g/mol. The molecule has 0 bridgehead atoms. The molecule has 0 radical (unpaired) electrons. The van der Waals surface area contributed by atoms with Gasteiger partial charge in [0.2, 0.25) is 0 Å². The van der Waals surface area contributed by atoms with E-state index in [9.17, 15) is 4.79 Å². The Labute approximate surface area is 122 Å². The maximum absolute atomic E-state index is 12.6. The van der Waals surface area contributed by atoms with Crippen molar-refractivity contribution in [2.24, 2.45) is 0 Å². The Hall–Kier alpha value is -1.61. The summed E-state index contributed by atoms with van der Waals surface area (Å²) >= 11 is 3.41. The molecule has 0 N–H and O–H groups in total. The van der Waals surface area contributed by atoms with Crippen LogP contribution in [0.1, 0.15) is 21.5 Å². The van der Waals surface area contributed by atoms with Gasteiger partial charge in [0, 0.05) is 22.8 Å². The summed E-state index contributed by atoms with van der Waals surface area (Å²) in [6, 6.07) is 13.6. The van der Waals surface area contributed by atoms with Crippen molar-refractivity contribution in [1.29, 1.82) is 0 Å². The number of carbonyl (C=O) groups is 1. The maximum Gasteiger partial charge on any atom is 0.258 e. The van der Waals surface area contributed by atoms with E-state index in [0.29, 0.717) is 0 Å². The molecule has 19 heavy (non-hydrogen) atoms. The van der Waals surface area contributed by atoms with Crippen LogP contribution in [-0.2, 0) is 0 Å². The van der Waals surface area contributed by atoms with E-state index < -0.39 is 0 Å². The van der Waals surface area contributed by atoms with Gasteiger partial charge in [-0.25, -0.2) is 0 Å². The molecule has 0 fully saturated rings. The van der Waals surface area contributed by atoms with Gasteiger partial charge in [-0.15, -0.1) is 0 Å². The number of hydrogen-bond acceptors (Lipinski definition) is 1. The van der Waals surface area contributed by atoms with Gasteiger partial charge in [0.25, 0.3) is 5.91 Å². The average molecular weight is 318 g/mol. The third-order valence-corrected chi connectivity index (χ3v) is 3.70. The number of para-hydroxylation sites is 1. The first-order valence-corrected chi connectivity index (χ1v) is 6.90. The summed E-state index contributed by atoms with van der Waals surface area (Å²) in [5.74, 6) is 0.00750. The van der Waals surface area contributed by atoms with Crippen LogP contribution in [0, 0.1) is 13.8 Å². The number of anilines is 1. The lowest BCUT2D eigenvalue weighted by molar-refractivity contribution is 0.0992. The Morgan fingerprint density at radius 3 is 2.42 bits per heavy atom. The Bertz CT molecular complexity index is 622. The molecule has 2 nitrogen and oxygen atoms in total. The second-order valence-electron chi connectivity index (χ2n) is 4.61. The van der Waals surface area contributed by atoms with Gasteiger partial charge in [-0.1, -0.05) is 40.2 Å². The van der Waals surface area contributed by atoms with Gasteiger partial charge in [0.15, 0.2) is 0 Å².